The van der Waals surface area contributed by atoms with Crippen molar-refractivity contribution in [3.63, 3.8) is 0 Å². The highest BCUT2D eigenvalue weighted by molar-refractivity contribution is 6.37. The fraction of sp³-hybridized carbons (Fsp3) is 0.182. The van der Waals surface area contributed by atoms with Gasteiger partial charge in [0.25, 0.3) is 0 Å². The highest BCUT2D eigenvalue weighted by Gasteiger charge is 2.25. The largest absolute Gasteiger partial charge is 0.422 e. The van der Waals surface area contributed by atoms with Crippen molar-refractivity contribution >= 4 is 35.0 Å². The normalized spacial score (nSPS) is 11.9. The first-order valence-corrected chi connectivity index (χ1v) is 9.50. The number of carbonyl (C=O) groups excluding carboxylic acids is 2. The van der Waals surface area contributed by atoms with Crippen LogP contribution in [0.3, 0.4) is 0 Å². The number of rotatable bonds is 5. The average molecular weight is 416 g/mol. The van der Waals surface area contributed by atoms with Gasteiger partial charge in [-0.15, -0.1) is 0 Å². The third-order valence-corrected chi connectivity index (χ3v) is 5.21. The molecule has 0 saturated carbocycles. The first-order chi connectivity index (χ1) is 13.3. The number of benzene rings is 2. The van der Waals surface area contributed by atoms with Crippen molar-refractivity contribution in [2.75, 3.05) is 0 Å². The van der Waals surface area contributed by atoms with Crippen molar-refractivity contribution < 1.29 is 14.3 Å². The number of halogens is 2. The van der Waals surface area contributed by atoms with Gasteiger partial charge in [-0.3, -0.25) is 4.79 Å². The molecule has 0 amide bonds. The van der Waals surface area contributed by atoms with Gasteiger partial charge in [-0.05, 0) is 39.0 Å². The maximum atomic E-state index is 12.8. The van der Waals surface area contributed by atoms with Crippen LogP contribution in [-0.2, 0) is 4.79 Å². The minimum atomic E-state index is -0.662. The summed E-state index contributed by atoms with van der Waals surface area (Å²) in [5.74, 6) is -0.476. The molecular formula is C22H19Cl2NO3. The quantitative estimate of drug-likeness (QED) is 0.300. The lowest BCUT2D eigenvalue weighted by atomic mass is 10.0. The van der Waals surface area contributed by atoms with Gasteiger partial charge >= 0.3 is 5.97 Å². The van der Waals surface area contributed by atoms with E-state index in [0.29, 0.717) is 16.8 Å². The van der Waals surface area contributed by atoms with E-state index < -0.39 is 12.0 Å². The second kappa shape index (κ2) is 8.21. The summed E-state index contributed by atoms with van der Waals surface area (Å²) in [6.07, 6.45) is 0. The number of ether oxygens (including phenoxy) is 1. The predicted molar refractivity (Wildman–Crippen MR) is 111 cm³/mol. The van der Waals surface area contributed by atoms with Crippen molar-refractivity contribution in [1.82, 2.24) is 4.57 Å². The van der Waals surface area contributed by atoms with Gasteiger partial charge in [-0.2, -0.15) is 0 Å². The van der Waals surface area contributed by atoms with Crippen LogP contribution in [0.4, 0.5) is 0 Å². The minimum Gasteiger partial charge on any atom is -0.422 e. The van der Waals surface area contributed by atoms with Crippen molar-refractivity contribution in [2.45, 2.75) is 26.8 Å². The van der Waals surface area contributed by atoms with E-state index >= 15 is 0 Å². The molecule has 4 nitrogen and oxygen atoms in total. The number of aromatic nitrogens is 1. The number of para-hydroxylation sites is 1. The Bertz CT molecular complexity index is 1020. The molecule has 0 aliphatic carbocycles. The summed E-state index contributed by atoms with van der Waals surface area (Å²) in [4.78, 5) is 25.6. The molecular weight excluding hydrogens is 397 g/mol. The number of esters is 1. The smallest absolute Gasteiger partial charge is 0.334 e. The molecule has 28 heavy (non-hydrogen) atoms. The van der Waals surface area contributed by atoms with Crippen LogP contribution >= 0.6 is 23.2 Å². The van der Waals surface area contributed by atoms with Gasteiger partial charge in [0.2, 0.25) is 0 Å². The molecule has 0 aliphatic rings. The first kappa shape index (κ1) is 20.2. The standard InChI is InChI=1S/C22H19Cl2NO3/c1-13-12-17(20(26)16-8-5-4-6-9-16)14(2)25(13)15(3)22(27)28-21-18(23)10-7-11-19(21)24/h4-12,15H,1-3H3. The molecule has 0 radical (unpaired) electrons. The van der Waals surface area contributed by atoms with Crippen LogP contribution in [0.1, 0.15) is 40.3 Å². The van der Waals surface area contributed by atoms with Crippen molar-refractivity contribution in [3.05, 3.63) is 87.2 Å². The van der Waals surface area contributed by atoms with E-state index in [1.807, 2.05) is 32.0 Å². The van der Waals surface area contributed by atoms with Gasteiger partial charge in [0.15, 0.2) is 11.5 Å². The van der Waals surface area contributed by atoms with Crippen LogP contribution in [0.5, 0.6) is 5.75 Å². The van der Waals surface area contributed by atoms with E-state index in [0.717, 1.165) is 5.69 Å². The zero-order valence-electron chi connectivity index (χ0n) is 15.7. The number of ketones is 1. The van der Waals surface area contributed by atoms with Crippen LogP contribution in [-0.4, -0.2) is 16.3 Å². The Morgan fingerprint density at radius 3 is 2.18 bits per heavy atom. The monoisotopic (exact) mass is 415 g/mol. The highest BCUT2D eigenvalue weighted by atomic mass is 35.5. The van der Waals surface area contributed by atoms with E-state index in [2.05, 4.69) is 0 Å². The SMILES string of the molecule is Cc1cc(C(=O)c2ccccc2)c(C)n1C(C)C(=O)Oc1c(Cl)cccc1Cl. The highest BCUT2D eigenvalue weighted by Crippen LogP contribution is 2.33. The Balaban J connectivity index is 1.90. The first-order valence-electron chi connectivity index (χ1n) is 8.75. The van der Waals surface area contributed by atoms with E-state index in [9.17, 15) is 9.59 Å². The molecule has 0 N–H and O–H groups in total. The summed E-state index contributed by atoms with van der Waals surface area (Å²) in [6, 6.07) is 15.0. The zero-order valence-corrected chi connectivity index (χ0v) is 17.2. The minimum absolute atomic E-state index is 0.0883. The molecule has 1 unspecified atom stereocenters. The van der Waals surface area contributed by atoms with Crippen molar-refractivity contribution in [1.29, 1.82) is 0 Å². The lowest BCUT2D eigenvalue weighted by molar-refractivity contribution is -0.137. The van der Waals surface area contributed by atoms with Crippen molar-refractivity contribution in [2.24, 2.45) is 0 Å². The Labute approximate surface area is 173 Å². The van der Waals surface area contributed by atoms with Crippen LogP contribution in [0.2, 0.25) is 10.0 Å². The molecule has 1 atom stereocenters. The Kier molecular flexibility index (Phi) is 5.92. The molecule has 0 spiro atoms. The number of hydrogen-bond acceptors (Lipinski definition) is 3. The van der Waals surface area contributed by atoms with Gasteiger partial charge in [-0.25, -0.2) is 4.79 Å². The lowest BCUT2D eigenvalue weighted by Gasteiger charge is -2.18. The molecule has 3 rings (SSSR count). The number of nitrogens with zero attached hydrogens (tertiary/aromatic N) is 1. The molecule has 3 aromatic rings. The average Bonchev–Trinajstić information content (AvgIpc) is 2.98. The third kappa shape index (κ3) is 3.84. The van der Waals surface area contributed by atoms with E-state index in [1.165, 1.54) is 0 Å². The summed E-state index contributed by atoms with van der Waals surface area (Å²) >= 11 is 12.2. The molecule has 6 heteroatoms. The summed E-state index contributed by atoms with van der Waals surface area (Å²) in [5.41, 5.74) is 2.63. The summed E-state index contributed by atoms with van der Waals surface area (Å²) in [6.45, 7) is 5.38. The molecule has 2 aromatic carbocycles. The van der Waals surface area contributed by atoms with Gasteiger partial charge < -0.3 is 9.30 Å². The molecule has 144 valence electrons. The predicted octanol–water partition coefficient (Wildman–Crippen LogP) is 5.81. The van der Waals surface area contributed by atoms with Crippen molar-refractivity contribution in [3.8, 4) is 5.75 Å². The van der Waals surface area contributed by atoms with E-state index in [1.54, 1.807) is 47.9 Å². The van der Waals surface area contributed by atoms with Crippen LogP contribution in [0, 0.1) is 13.8 Å². The number of hydrogen-bond donors (Lipinski definition) is 0. The Morgan fingerprint density at radius 1 is 0.964 bits per heavy atom. The van der Waals surface area contributed by atoms with Crippen LogP contribution < -0.4 is 4.74 Å². The maximum Gasteiger partial charge on any atom is 0.334 e. The fourth-order valence-corrected chi connectivity index (χ4v) is 3.69. The summed E-state index contributed by atoms with van der Waals surface area (Å²) < 4.78 is 7.23. The van der Waals surface area contributed by atoms with E-state index in [-0.39, 0.29) is 21.6 Å². The topological polar surface area (TPSA) is 48.3 Å². The third-order valence-electron chi connectivity index (χ3n) is 4.61. The van der Waals surface area contributed by atoms with Crippen LogP contribution in [0.15, 0.2) is 54.6 Å². The van der Waals surface area contributed by atoms with Gasteiger partial charge in [0.05, 0.1) is 10.0 Å². The molecule has 1 heterocycles. The Hall–Kier alpha value is -2.56. The fourth-order valence-electron chi connectivity index (χ4n) is 3.22. The van der Waals surface area contributed by atoms with Crippen LogP contribution in [0.25, 0.3) is 0 Å². The van der Waals surface area contributed by atoms with Gasteiger partial charge in [-0.1, -0.05) is 59.6 Å². The molecule has 0 saturated heterocycles. The second-order valence-electron chi connectivity index (χ2n) is 6.50. The zero-order chi connectivity index (χ0) is 20.4. The number of carbonyl (C=O) groups is 2. The maximum absolute atomic E-state index is 12.8. The molecule has 0 aliphatic heterocycles. The lowest BCUT2D eigenvalue weighted by Crippen LogP contribution is -2.23. The molecule has 0 fully saturated rings. The van der Waals surface area contributed by atoms with Gasteiger partial charge in [0, 0.05) is 22.5 Å². The second-order valence-corrected chi connectivity index (χ2v) is 7.31. The number of aryl methyl sites for hydroxylation is 1. The summed E-state index contributed by atoms with van der Waals surface area (Å²) in [5, 5.41) is 0.517. The van der Waals surface area contributed by atoms with E-state index in [4.69, 9.17) is 27.9 Å². The molecule has 1 aromatic heterocycles. The Morgan fingerprint density at radius 2 is 1.57 bits per heavy atom. The summed E-state index contributed by atoms with van der Waals surface area (Å²) in [7, 11) is 0. The van der Waals surface area contributed by atoms with Gasteiger partial charge in [0.1, 0.15) is 6.04 Å². The molecule has 0 bridgehead atoms.